The molecule has 1 heterocycles. The quantitative estimate of drug-likeness (QED) is 0.482. The first-order chi connectivity index (χ1) is 12.2. The molecule has 1 amide bonds. The summed E-state index contributed by atoms with van der Waals surface area (Å²) in [4.78, 5) is 17.3. The topological polar surface area (TPSA) is 76.1 Å². The summed E-state index contributed by atoms with van der Waals surface area (Å²) in [5.41, 5.74) is 0. The fourth-order valence-corrected chi connectivity index (χ4v) is 4.62. The van der Waals surface area contributed by atoms with Crippen LogP contribution in [0.4, 0.5) is 0 Å². The molecule has 2 aromatic rings. The van der Waals surface area contributed by atoms with Gasteiger partial charge < -0.3 is 5.32 Å². The Bertz CT molecular complexity index is 887. The average molecular weight is 478 g/mol. The maximum atomic E-state index is 12.7. The lowest BCUT2D eigenvalue weighted by Crippen LogP contribution is -2.48. The number of aromatic nitrogens is 1. The van der Waals surface area contributed by atoms with Gasteiger partial charge in [0.05, 0.1) is 5.02 Å². The number of rotatable bonds is 7. The summed E-state index contributed by atoms with van der Waals surface area (Å²) in [6, 6.07) is 10.4. The molecule has 0 spiro atoms. The smallest absolute Gasteiger partial charge is 0.241 e. The van der Waals surface area contributed by atoms with Crippen LogP contribution in [0.25, 0.3) is 0 Å². The molecule has 1 aromatic carbocycles. The molecule has 9 heteroatoms. The molecule has 140 valence electrons. The maximum absolute atomic E-state index is 12.7. The van der Waals surface area contributed by atoms with Crippen molar-refractivity contribution in [2.45, 2.75) is 28.5 Å². The van der Waals surface area contributed by atoms with Crippen LogP contribution in [0.1, 0.15) is 13.8 Å². The summed E-state index contributed by atoms with van der Waals surface area (Å²) in [7, 11) is -3.92. The minimum atomic E-state index is -3.92. The molecule has 0 unspecified atom stereocenters. The largest absolute Gasteiger partial charge is 0.354 e. The third-order valence-corrected chi connectivity index (χ3v) is 7.98. The van der Waals surface area contributed by atoms with Gasteiger partial charge in [0.15, 0.2) is 9.77 Å². The summed E-state index contributed by atoms with van der Waals surface area (Å²) in [6.07, 6.45) is 1.39. The van der Waals surface area contributed by atoms with E-state index in [1.54, 1.807) is 12.1 Å². The second-order valence-corrected chi connectivity index (χ2v) is 10.8. The molecule has 0 radical (unpaired) electrons. The predicted molar refractivity (Wildman–Crippen MR) is 108 cm³/mol. The standard InChI is InChI=1S/C17H18BrClN2O3S2/c1-17(2,26(23,24)15-8-7-12(18)11-21-15)16(22)20-9-10-25-14-6-4-3-5-13(14)19/h3-8,11H,9-10H2,1-2H3,(H,20,22). The van der Waals surface area contributed by atoms with Crippen LogP contribution in [0.2, 0.25) is 5.02 Å². The lowest BCUT2D eigenvalue weighted by atomic mass is 10.2. The Balaban J connectivity index is 1.98. The van der Waals surface area contributed by atoms with Crippen molar-refractivity contribution >= 4 is 55.0 Å². The van der Waals surface area contributed by atoms with Crippen molar-refractivity contribution in [3.8, 4) is 0 Å². The van der Waals surface area contributed by atoms with Crippen molar-refractivity contribution in [3.63, 3.8) is 0 Å². The van der Waals surface area contributed by atoms with Crippen molar-refractivity contribution < 1.29 is 13.2 Å². The molecule has 5 nitrogen and oxygen atoms in total. The Labute approximate surface area is 171 Å². The second-order valence-electron chi connectivity index (χ2n) is 5.86. The number of hydrogen-bond donors (Lipinski definition) is 1. The number of nitrogens with zero attached hydrogens (tertiary/aromatic N) is 1. The van der Waals surface area contributed by atoms with Gasteiger partial charge in [0.2, 0.25) is 15.7 Å². The fourth-order valence-electron chi connectivity index (χ4n) is 2.00. The van der Waals surface area contributed by atoms with E-state index < -0.39 is 20.5 Å². The van der Waals surface area contributed by atoms with Gasteiger partial charge in [0.25, 0.3) is 0 Å². The van der Waals surface area contributed by atoms with E-state index in [1.165, 1.54) is 37.9 Å². The van der Waals surface area contributed by atoms with Gasteiger partial charge in [-0.3, -0.25) is 4.79 Å². The van der Waals surface area contributed by atoms with Crippen LogP contribution in [-0.2, 0) is 14.6 Å². The van der Waals surface area contributed by atoms with Crippen LogP contribution in [0.5, 0.6) is 0 Å². The zero-order chi connectivity index (χ0) is 19.4. The highest BCUT2D eigenvalue weighted by atomic mass is 79.9. The SMILES string of the molecule is CC(C)(C(=O)NCCSc1ccccc1Cl)S(=O)(=O)c1ccc(Br)cn1. The van der Waals surface area contributed by atoms with E-state index in [0.717, 1.165) is 4.90 Å². The fraction of sp³-hybridized carbons (Fsp3) is 0.294. The first-order valence-electron chi connectivity index (χ1n) is 7.68. The lowest BCUT2D eigenvalue weighted by Gasteiger charge is -2.23. The molecule has 1 N–H and O–H groups in total. The van der Waals surface area contributed by atoms with Gasteiger partial charge in [-0.25, -0.2) is 13.4 Å². The van der Waals surface area contributed by atoms with Crippen LogP contribution in [0, 0.1) is 0 Å². The van der Waals surface area contributed by atoms with E-state index in [0.29, 0.717) is 21.8 Å². The highest BCUT2D eigenvalue weighted by Crippen LogP contribution is 2.27. The van der Waals surface area contributed by atoms with Crippen molar-refractivity contribution in [2.75, 3.05) is 12.3 Å². The van der Waals surface area contributed by atoms with E-state index in [-0.39, 0.29) is 5.03 Å². The Kier molecular flexibility index (Phi) is 7.12. The van der Waals surface area contributed by atoms with E-state index >= 15 is 0 Å². The number of carbonyl (C=O) groups is 1. The molecule has 0 bridgehead atoms. The number of thioether (sulfide) groups is 1. The Morgan fingerprint density at radius 1 is 1.27 bits per heavy atom. The first kappa shape index (κ1) is 21.2. The molecule has 0 aliphatic heterocycles. The van der Waals surface area contributed by atoms with Gasteiger partial charge in [-0.05, 0) is 54.0 Å². The van der Waals surface area contributed by atoms with Crippen LogP contribution in [0.3, 0.4) is 0 Å². The normalized spacial score (nSPS) is 12.0. The first-order valence-corrected chi connectivity index (χ1v) is 11.3. The van der Waals surface area contributed by atoms with Crippen molar-refractivity contribution in [1.82, 2.24) is 10.3 Å². The zero-order valence-electron chi connectivity index (χ0n) is 14.2. The van der Waals surface area contributed by atoms with E-state index in [2.05, 4.69) is 26.2 Å². The molecule has 0 saturated carbocycles. The van der Waals surface area contributed by atoms with Crippen molar-refractivity contribution in [1.29, 1.82) is 0 Å². The molecule has 2 rings (SSSR count). The number of carbonyl (C=O) groups excluding carboxylic acids is 1. The summed E-state index contributed by atoms with van der Waals surface area (Å²) < 4.78 is 24.5. The van der Waals surface area contributed by atoms with Gasteiger partial charge in [-0.1, -0.05) is 23.7 Å². The van der Waals surface area contributed by atoms with E-state index in [4.69, 9.17) is 11.6 Å². The van der Waals surface area contributed by atoms with Gasteiger partial charge in [-0.2, -0.15) is 0 Å². The summed E-state index contributed by atoms with van der Waals surface area (Å²) in [5, 5.41) is 3.19. The summed E-state index contributed by atoms with van der Waals surface area (Å²) in [6.45, 7) is 3.08. The Morgan fingerprint density at radius 2 is 1.96 bits per heavy atom. The van der Waals surface area contributed by atoms with Crippen LogP contribution < -0.4 is 5.32 Å². The maximum Gasteiger partial charge on any atom is 0.241 e. The van der Waals surface area contributed by atoms with Gasteiger partial charge in [-0.15, -0.1) is 11.8 Å². The molecule has 0 aliphatic carbocycles. The van der Waals surface area contributed by atoms with Gasteiger partial charge >= 0.3 is 0 Å². The third-order valence-electron chi connectivity index (χ3n) is 3.68. The molecule has 0 atom stereocenters. The molecule has 1 aromatic heterocycles. The molecule has 26 heavy (non-hydrogen) atoms. The zero-order valence-corrected chi connectivity index (χ0v) is 18.2. The molecule has 0 saturated heterocycles. The molecule has 0 aliphatic rings. The number of halogens is 2. The number of pyridine rings is 1. The number of amides is 1. The molecule has 0 fully saturated rings. The van der Waals surface area contributed by atoms with Gasteiger partial charge in [0, 0.05) is 27.9 Å². The third kappa shape index (κ3) is 4.79. The van der Waals surface area contributed by atoms with Crippen LogP contribution in [0.15, 0.2) is 57.0 Å². The molecular formula is C17H18BrClN2O3S2. The van der Waals surface area contributed by atoms with Crippen LogP contribution in [-0.4, -0.2) is 36.4 Å². The second kappa shape index (κ2) is 8.73. The summed E-state index contributed by atoms with van der Waals surface area (Å²) in [5.74, 6) is 0.00395. The number of benzene rings is 1. The highest BCUT2D eigenvalue weighted by molar-refractivity contribution is 9.10. The van der Waals surface area contributed by atoms with Crippen LogP contribution >= 0.6 is 39.3 Å². The number of sulfone groups is 1. The highest BCUT2D eigenvalue weighted by Gasteiger charge is 2.43. The minimum absolute atomic E-state index is 0.133. The molecular weight excluding hydrogens is 460 g/mol. The predicted octanol–water partition coefficient (Wildman–Crippen LogP) is 3.96. The number of hydrogen-bond acceptors (Lipinski definition) is 5. The summed E-state index contributed by atoms with van der Waals surface area (Å²) >= 11 is 10.8. The van der Waals surface area contributed by atoms with Gasteiger partial charge in [0.1, 0.15) is 0 Å². The monoisotopic (exact) mass is 476 g/mol. The average Bonchev–Trinajstić information content (AvgIpc) is 2.60. The minimum Gasteiger partial charge on any atom is -0.354 e. The van der Waals surface area contributed by atoms with Crippen molar-refractivity contribution in [2.24, 2.45) is 0 Å². The number of nitrogens with one attached hydrogen (secondary N) is 1. The van der Waals surface area contributed by atoms with E-state index in [9.17, 15) is 13.2 Å². The van der Waals surface area contributed by atoms with Crippen molar-refractivity contribution in [3.05, 3.63) is 52.1 Å². The Hall–Kier alpha value is -1.09. The lowest BCUT2D eigenvalue weighted by molar-refractivity contribution is -0.122. The Morgan fingerprint density at radius 3 is 2.58 bits per heavy atom. The van der Waals surface area contributed by atoms with E-state index in [1.807, 2.05) is 18.2 Å².